The number of amides is 1. The summed E-state index contributed by atoms with van der Waals surface area (Å²) >= 11 is 5.88. The highest BCUT2D eigenvalue weighted by Gasteiger charge is 2.35. The Hall–Kier alpha value is -3.66. The average Bonchev–Trinajstić information content (AvgIpc) is 2.70. The fourth-order valence-corrected chi connectivity index (χ4v) is 2.75. The predicted octanol–water partition coefficient (Wildman–Crippen LogP) is 6.45. The summed E-state index contributed by atoms with van der Waals surface area (Å²) in [5.74, 6) is -2.10. The van der Waals surface area contributed by atoms with Crippen LogP contribution in [0.4, 0.5) is 28.9 Å². The second kappa shape index (κ2) is 8.60. The summed E-state index contributed by atoms with van der Waals surface area (Å²) in [6.07, 6.45) is -4.83. The van der Waals surface area contributed by atoms with Crippen LogP contribution in [0.1, 0.15) is 15.9 Å². The van der Waals surface area contributed by atoms with Crippen LogP contribution in [-0.2, 0) is 6.18 Å². The van der Waals surface area contributed by atoms with Gasteiger partial charge in [-0.15, -0.1) is 0 Å². The van der Waals surface area contributed by atoms with E-state index in [0.717, 1.165) is 54.6 Å². The quantitative estimate of drug-likeness (QED) is 0.273. The van der Waals surface area contributed by atoms with E-state index >= 15 is 0 Å². The summed E-state index contributed by atoms with van der Waals surface area (Å²) in [7, 11) is 0. The third-order valence-corrected chi connectivity index (χ3v) is 4.32. The van der Waals surface area contributed by atoms with Crippen LogP contribution in [-0.4, -0.2) is 10.8 Å². The molecule has 0 spiro atoms. The van der Waals surface area contributed by atoms with E-state index in [1.807, 2.05) is 0 Å². The van der Waals surface area contributed by atoms with Gasteiger partial charge in [-0.05, 0) is 48.5 Å². The van der Waals surface area contributed by atoms with Crippen LogP contribution < -0.4 is 10.1 Å². The van der Waals surface area contributed by atoms with Gasteiger partial charge < -0.3 is 10.1 Å². The molecule has 0 aliphatic heterocycles. The topological polar surface area (TPSA) is 81.5 Å². The first kappa shape index (κ1) is 22.0. The number of hydrogen-bond donors (Lipinski definition) is 1. The smallest absolute Gasteiger partial charge is 0.420 e. The molecule has 3 aromatic rings. The number of hydrogen-bond acceptors (Lipinski definition) is 4. The van der Waals surface area contributed by atoms with Crippen molar-refractivity contribution in [3.8, 4) is 11.5 Å². The molecule has 31 heavy (non-hydrogen) atoms. The van der Waals surface area contributed by atoms with Gasteiger partial charge in [-0.25, -0.2) is 4.39 Å². The number of carbonyl (C=O) groups is 1. The molecule has 6 nitrogen and oxygen atoms in total. The Bertz CT molecular complexity index is 1150. The molecular formula is C20H11ClF4N2O4. The zero-order valence-electron chi connectivity index (χ0n) is 15.2. The number of non-ortho nitro benzene ring substituents is 1. The van der Waals surface area contributed by atoms with Gasteiger partial charge in [0.25, 0.3) is 11.6 Å². The molecule has 0 heterocycles. The van der Waals surface area contributed by atoms with Crippen molar-refractivity contribution in [3.05, 3.63) is 92.7 Å². The van der Waals surface area contributed by atoms with Crippen molar-refractivity contribution in [2.45, 2.75) is 6.18 Å². The van der Waals surface area contributed by atoms with Crippen LogP contribution >= 0.6 is 11.6 Å². The molecule has 0 fully saturated rings. The van der Waals surface area contributed by atoms with E-state index in [2.05, 4.69) is 5.32 Å². The monoisotopic (exact) mass is 454 g/mol. The van der Waals surface area contributed by atoms with Crippen molar-refractivity contribution < 1.29 is 32.0 Å². The van der Waals surface area contributed by atoms with Crippen molar-refractivity contribution in [1.29, 1.82) is 0 Å². The van der Waals surface area contributed by atoms with Crippen LogP contribution in [0.5, 0.6) is 11.5 Å². The number of nitrogens with one attached hydrogen (secondary N) is 1. The molecule has 0 aliphatic carbocycles. The highest BCUT2D eigenvalue weighted by Crippen LogP contribution is 2.40. The van der Waals surface area contributed by atoms with Gasteiger partial charge in [0.05, 0.1) is 15.5 Å². The lowest BCUT2D eigenvalue weighted by molar-refractivity contribution is -0.384. The van der Waals surface area contributed by atoms with Crippen molar-refractivity contribution >= 4 is 28.9 Å². The van der Waals surface area contributed by atoms with Crippen LogP contribution in [0.25, 0.3) is 0 Å². The van der Waals surface area contributed by atoms with Crippen LogP contribution in [0.2, 0.25) is 5.02 Å². The summed E-state index contributed by atoms with van der Waals surface area (Å²) < 4.78 is 58.7. The van der Waals surface area contributed by atoms with Crippen molar-refractivity contribution in [3.63, 3.8) is 0 Å². The SMILES string of the molecule is O=C(Nc1ccc(Oc2ccc(F)cc2)c(C(F)(F)F)c1)c1cc([N+](=O)[O-])ccc1Cl. The minimum atomic E-state index is -4.83. The van der Waals surface area contributed by atoms with Gasteiger partial charge in [0.2, 0.25) is 0 Å². The number of anilines is 1. The minimum Gasteiger partial charge on any atom is -0.457 e. The van der Waals surface area contributed by atoms with E-state index in [1.54, 1.807) is 0 Å². The first-order valence-corrected chi connectivity index (χ1v) is 8.82. The van der Waals surface area contributed by atoms with E-state index in [0.29, 0.717) is 6.07 Å². The Balaban J connectivity index is 1.90. The van der Waals surface area contributed by atoms with Crippen molar-refractivity contribution in [2.24, 2.45) is 0 Å². The highest BCUT2D eigenvalue weighted by atomic mass is 35.5. The van der Waals surface area contributed by atoms with Gasteiger partial charge in [-0.3, -0.25) is 14.9 Å². The number of carbonyl (C=O) groups excluding carboxylic acids is 1. The number of benzene rings is 3. The zero-order valence-corrected chi connectivity index (χ0v) is 16.0. The zero-order chi connectivity index (χ0) is 22.8. The summed E-state index contributed by atoms with van der Waals surface area (Å²) in [6.45, 7) is 0. The molecule has 0 aliphatic rings. The molecule has 0 saturated carbocycles. The Morgan fingerprint density at radius 1 is 1.03 bits per heavy atom. The minimum absolute atomic E-state index is 0.0212. The van der Waals surface area contributed by atoms with E-state index in [4.69, 9.17) is 16.3 Å². The largest absolute Gasteiger partial charge is 0.457 e. The molecule has 3 aromatic carbocycles. The molecular weight excluding hydrogens is 444 g/mol. The summed E-state index contributed by atoms with van der Waals surface area (Å²) in [5.41, 5.74) is -2.13. The maximum Gasteiger partial charge on any atom is 0.420 e. The predicted molar refractivity (Wildman–Crippen MR) is 104 cm³/mol. The van der Waals surface area contributed by atoms with Gasteiger partial charge >= 0.3 is 6.18 Å². The van der Waals surface area contributed by atoms with Gasteiger partial charge in [-0.1, -0.05) is 11.6 Å². The summed E-state index contributed by atoms with van der Waals surface area (Å²) in [5, 5.41) is 13.0. The third-order valence-electron chi connectivity index (χ3n) is 3.99. The van der Waals surface area contributed by atoms with Gasteiger partial charge in [0, 0.05) is 17.8 Å². The second-order valence-electron chi connectivity index (χ2n) is 6.14. The molecule has 1 N–H and O–H groups in total. The lowest BCUT2D eigenvalue weighted by atomic mass is 10.1. The van der Waals surface area contributed by atoms with E-state index in [1.165, 1.54) is 0 Å². The maximum atomic E-state index is 13.5. The summed E-state index contributed by atoms with van der Waals surface area (Å²) in [6, 6.07) is 10.3. The molecule has 0 radical (unpaired) electrons. The van der Waals surface area contributed by atoms with Gasteiger partial charge in [0.15, 0.2) is 0 Å². The van der Waals surface area contributed by atoms with Crippen LogP contribution in [0.3, 0.4) is 0 Å². The Morgan fingerprint density at radius 2 is 1.71 bits per heavy atom. The maximum absolute atomic E-state index is 13.5. The van der Waals surface area contributed by atoms with Crippen molar-refractivity contribution in [2.75, 3.05) is 5.32 Å². The Morgan fingerprint density at radius 3 is 2.32 bits per heavy atom. The molecule has 0 aromatic heterocycles. The fourth-order valence-electron chi connectivity index (χ4n) is 2.55. The Labute approximate surface area is 177 Å². The number of nitro benzene ring substituents is 1. The van der Waals surface area contributed by atoms with Crippen LogP contribution in [0, 0.1) is 15.9 Å². The number of halogens is 5. The molecule has 3 rings (SSSR count). The van der Waals surface area contributed by atoms with E-state index < -0.39 is 39.8 Å². The number of nitro groups is 1. The van der Waals surface area contributed by atoms with Gasteiger partial charge in [-0.2, -0.15) is 13.2 Å². The Kier molecular flexibility index (Phi) is 6.11. The average molecular weight is 455 g/mol. The number of nitrogens with zero attached hydrogens (tertiary/aromatic N) is 1. The molecule has 0 saturated heterocycles. The van der Waals surface area contributed by atoms with E-state index in [9.17, 15) is 32.5 Å². The lowest BCUT2D eigenvalue weighted by Crippen LogP contribution is -2.14. The molecule has 0 unspecified atom stereocenters. The fraction of sp³-hybridized carbons (Fsp3) is 0.0500. The second-order valence-corrected chi connectivity index (χ2v) is 6.55. The highest BCUT2D eigenvalue weighted by molar-refractivity contribution is 6.34. The standard InChI is InChI=1S/C20H11ClF4N2O4/c21-17-7-4-13(27(29)30)10-15(17)19(28)26-12-3-8-18(16(9-12)20(23,24)25)31-14-5-1-11(22)2-6-14/h1-10H,(H,26,28). The lowest BCUT2D eigenvalue weighted by Gasteiger charge is -2.16. The number of rotatable bonds is 5. The number of alkyl halides is 3. The van der Waals surface area contributed by atoms with Crippen LogP contribution in [0.15, 0.2) is 60.7 Å². The van der Waals surface area contributed by atoms with Crippen molar-refractivity contribution in [1.82, 2.24) is 0 Å². The first-order valence-electron chi connectivity index (χ1n) is 8.44. The van der Waals surface area contributed by atoms with Gasteiger partial charge in [0.1, 0.15) is 22.9 Å². The van der Waals surface area contributed by atoms with E-state index in [-0.39, 0.29) is 22.0 Å². The number of ether oxygens (including phenoxy) is 1. The molecule has 1 amide bonds. The third kappa shape index (κ3) is 5.28. The first-order chi connectivity index (χ1) is 14.5. The molecule has 11 heteroatoms. The molecule has 0 bridgehead atoms. The molecule has 0 atom stereocenters. The summed E-state index contributed by atoms with van der Waals surface area (Å²) in [4.78, 5) is 22.6. The molecule has 160 valence electrons. The normalized spacial score (nSPS) is 11.1.